The molecule has 1 aliphatic heterocycles. The summed E-state index contributed by atoms with van der Waals surface area (Å²) >= 11 is 0. The molecule has 1 aromatic carbocycles. The Morgan fingerprint density at radius 3 is 2.52 bits per heavy atom. The summed E-state index contributed by atoms with van der Waals surface area (Å²) in [6, 6.07) is 10.3. The number of aromatic amines is 1. The van der Waals surface area contributed by atoms with E-state index >= 15 is 0 Å². The smallest absolute Gasteiger partial charge is 0.244 e. The van der Waals surface area contributed by atoms with Crippen molar-refractivity contribution >= 4 is 33.3 Å². The third-order valence-corrected chi connectivity index (χ3v) is 7.77. The summed E-state index contributed by atoms with van der Waals surface area (Å²) < 4.78 is 27.7. The molecular formula is C23H28ClN5O3S. The van der Waals surface area contributed by atoms with Crippen LogP contribution in [-0.2, 0) is 10.0 Å². The highest BCUT2D eigenvalue weighted by Crippen LogP contribution is 2.36. The summed E-state index contributed by atoms with van der Waals surface area (Å²) in [7, 11) is -3.63. The number of nitrogens with zero attached hydrogens (tertiary/aromatic N) is 4. The number of hydrogen-bond donors (Lipinski definition) is 2. The lowest BCUT2D eigenvalue weighted by Crippen LogP contribution is -2.48. The van der Waals surface area contributed by atoms with Crippen molar-refractivity contribution < 1.29 is 13.5 Å². The summed E-state index contributed by atoms with van der Waals surface area (Å²) in [5.41, 5.74) is 2.01. The molecule has 0 atom stereocenters. The fraction of sp³-hybridized carbons (Fsp3) is 0.391. The van der Waals surface area contributed by atoms with E-state index in [4.69, 9.17) is 0 Å². The molecule has 0 unspecified atom stereocenters. The zero-order chi connectivity index (χ0) is 22.9. The van der Waals surface area contributed by atoms with Gasteiger partial charge in [0.1, 0.15) is 4.90 Å². The van der Waals surface area contributed by atoms with Gasteiger partial charge in [0.15, 0.2) is 5.88 Å². The van der Waals surface area contributed by atoms with Gasteiger partial charge in [-0.05, 0) is 49.2 Å². The molecule has 2 N–H and O–H groups in total. The first-order valence-corrected chi connectivity index (χ1v) is 12.2. The minimum Gasteiger partial charge on any atom is -0.494 e. The lowest BCUT2D eigenvalue weighted by atomic mass is 10.1. The van der Waals surface area contributed by atoms with Crippen LogP contribution < -0.4 is 0 Å². The Bertz CT molecular complexity index is 1260. The number of nitrogens with one attached hydrogen (secondary N) is 1. The Labute approximate surface area is 200 Å². The Morgan fingerprint density at radius 1 is 1.18 bits per heavy atom. The van der Waals surface area contributed by atoms with Gasteiger partial charge in [-0.2, -0.15) is 9.57 Å². The molecule has 33 heavy (non-hydrogen) atoms. The highest BCUT2D eigenvalue weighted by Gasteiger charge is 2.29. The molecule has 0 bridgehead atoms. The average Bonchev–Trinajstić information content (AvgIpc) is 3.12. The molecular weight excluding hydrogens is 462 g/mol. The molecule has 0 amide bonds. The van der Waals surface area contributed by atoms with Crippen molar-refractivity contribution in [2.75, 3.05) is 32.7 Å². The molecule has 8 nitrogen and oxygen atoms in total. The van der Waals surface area contributed by atoms with Crippen molar-refractivity contribution in [3.05, 3.63) is 42.1 Å². The number of benzene rings is 1. The fourth-order valence-corrected chi connectivity index (χ4v) is 5.34. The number of H-pyrrole nitrogens is 1. The zero-order valence-corrected chi connectivity index (χ0v) is 20.3. The van der Waals surface area contributed by atoms with Gasteiger partial charge in [0, 0.05) is 43.3 Å². The first-order chi connectivity index (χ1) is 15.3. The summed E-state index contributed by atoms with van der Waals surface area (Å²) in [6.45, 7) is 7.74. The van der Waals surface area contributed by atoms with Crippen LogP contribution in [0.1, 0.15) is 25.8 Å². The van der Waals surface area contributed by atoms with Gasteiger partial charge in [0.25, 0.3) is 0 Å². The molecule has 1 fully saturated rings. The number of aromatic nitrogens is 2. The SMILES string of the molecule is CC(C)CCN1CCN(S(=O)(=O)c2ccc(-c3c(O)[nH]c4ccc(C#N)cc34)nc2)CC1.Cl. The van der Waals surface area contributed by atoms with Gasteiger partial charge < -0.3 is 15.0 Å². The number of sulfonamides is 1. The van der Waals surface area contributed by atoms with Gasteiger partial charge in [0.05, 0.1) is 22.9 Å². The summed E-state index contributed by atoms with van der Waals surface area (Å²) in [5, 5.41) is 20.2. The van der Waals surface area contributed by atoms with E-state index in [0.717, 1.165) is 26.1 Å². The molecule has 0 aliphatic carbocycles. The number of pyridine rings is 1. The second-order valence-corrected chi connectivity index (χ2v) is 10.5. The topological polar surface area (TPSA) is 113 Å². The Morgan fingerprint density at radius 2 is 1.91 bits per heavy atom. The standard InChI is InChI=1S/C23H27N5O3S.ClH/c1-16(2)7-8-27-9-11-28(12-10-27)32(30,31)18-4-6-21(25-15-18)22-19-13-17(14-24)3-5-20(19)26-23(22)29;/h3-6,13,15-16,26,29H,7-12H2,1-2H3;1H. The summed E-state index contributed by atoms with van der Waals surface area (Å²) in [5.74, 6) is 0.556. The molecule has 2 aromatic heterocycles. The molecule has 4 rings (SSSR count). The summed E-state index contributed by atoms with van der Waals surface area (Å²) in [6.07, 6.45) is 2.44. The van der Waals surface area contributed by atoms with Gasteiger partial charge in [-0.1, -0.05) is 13.8 Å². The van der Waals surface area contributed by atoms with Crippen molar-refractivity contribution in [3.63, 3.8) is 0 Å². The molecule has 0 radical (unpaired) electrons. The minimum absolute atomic E-state index is 0. The van der Waals surface area contributed by atoms with Crippen molar-refractivity contribution in [2.24, 2.45) is 5.92 Å². The van der Waals surface area contributed by atoms with Crippen LogP contribution in [0.15, 0.2) is 41.4 Å². The molecule has 3 heterocycles. The Balaban J connectivity index is 0.00000306. The van der Waals surface area contributed by atoms with Crippen LogP contribution in [0.5, 0.6) is 5.88 Å². The van der Waals surface area contributed by atoms with E-state index < -0.39 is 10.0 Å². The number of hydrogen-bond acceptors (Lipinski definition) is 6. The minimum atomic E-state index is -3.63. The quantitative estimate of drug-likeness (QED) is 0.547. The van der Waals surface area contributed by atoms with E-state index in [-0.39, 0.29) is 23.2 Å². The Kier molecular flexibility index (Phi) is 7.65. The molecule has 0 spiro atoms. The van der Waals surface area contributed by atoms with Crippen LogP contribution in [0.25, 0.3) is 22.2 Å². The zero-order valence-electron chi connectivity index (χ0n) is 18.7. The van der Waals surface area contributed by atoms with Crippen LogP contribution in [-0.4, -0.2) is 65.4 Å². The third kappa shape index (κ3) is 5.14. The van der Waals surface area contributed by atoms with E-state index in [9.17, 15) is 18.8 Å². The van der Waals surface area contributed by atoms with Crippen LogP contribution in [0.2, 0.25) is 0 Å². The van der Waals surface area contributed by atoms with Crippen LogP contribution in [0.3, 0.4) is 0 Å². The van der Waals surface area contributed by atoms with Crippen LogP contribution in [0, 0.1) is 17.2 Å². The van der Waals surface area contributed by atoms with Crippen molar-refractivity contribution in [2.45, 2.75) is 25.2 Å². The number of rotatable bonds is 6. The molecule has 1 aliphatic rings. The van der Waals surface area contributed by atoms with E-state index in [0.29, 0.717) is 46.7 Å². The number of nitriles is 1. The second kappa shape index (κ2) is 10.1. The third-order valence-electron chi connectivity index (χ3n) is 5.89. The number of fused-ring (bicyclic) bond motifs is 1. The Hall–Kier alpha value is -2.64. The van der Waals surface area contributed by atoms with Crippen molar-refractivity contribution in [3.8, 4) is 23.2 Å². The van der Waals surface area contributed by atoms with Crippen LogP contribution in [0.4, 0.5) is 0 Å². The highest BCUT2D eigenvalue weighted by molar-refractivity contribution is 7.89. The lowest BCUT2D eigenvalue weighted by molar-refractivity contribution is 0.180. The molecule has 1 saturated heterocycles. The summed E-state index contributed by atoms with van der Waals surface area (Å²) in [4.78, 5) is 9.64. The molecule has 176 valence electrons. The first kappa shape index (κ1) is 25.0. The van der Waals surface area contributed by atoms with Crippen LogP contribution >= 0.6 is 12.4 Å². The highest BCUT2D eigenvalue weighted by atomic mass is 35.5. The lowest BCUT2D eigenvalue weighted by Gasteiger charge is -2.34. The fourth-order valence-electron chi connectivity index (χ4n) is 3.97. The van der Waals surface area contributed by atoms with E-state index in [1.165, 1.54) is 16.6 Å². The molecule has 3 aromatic rings. The van der Waals surface area contributed by atoms with E-state index in [2.05, 4.69) is 34.8 Å². The van der Waals surface area contributed by atoms with E-state index in [1.54, 1.807) is 24.3 Å². The normalized spacial score (nSPS) is 15.5. The van der Waals surface area contributed by atoms with Crippen molar-refractivity contribution in [1.29, 1.82) is 5.26 Å². The van der Waals surface area contributed by atoms with E-state index in [1.807, 2.05) is 0 Å². The number of halogens is 1. The van der Waals surface area contributed by atoms with Crippen molar-refractivity contribution in [1.82, 2.24) is 19.2 Å². The predicted molar refractivity (Wildman–Crippen MR) is 130 cm³/mol. The monoisotopic (exact) mass is 489 g/mol. The van der Waals surface area contributed by atoms with Gasteiger partial charge in [-0.25, -0.2) is 8.42 Å². The van der Waals surface area contributed by atoms with Gasteiger partial charge >= 0.3 is 0 Å². The second-order valence-electron chi connectivity index (χ2n) is 8.53. The van der Waals surface area contributed by atoms with Gasteiger partial charge in [-0.3, -0.25) is 4.98 Å². The first-order valence-electron chi connectivity index (χ1n) is 10.7. The molecule has 10 heteroatoms. The maximum absolute atomic E-state index is 13.1. The van der Waals surface area contributed by atoms with Gasteiger partial charge in [0.2, 0.25) is 10.0 Å². The predicted octanol–water partition coefficient (Wildman–Crippen LogP) is 3.58. The maximum atomic E-state index is 13.1. The van der Waals surface area contributed by atoms with Gasteiger partial charge in [-0.15, -0.1) is 12.4 Å². The largest absolute Gasteiger partial charge is 0.494 e. The molecule has 0 saturated carbocycles. The maximum Gasteiger partial charge on any atom is 0.244 e. The number of piperazine rings is 1. The number of aromatic hydroxyl groups is 1. The average molecular weight is 490 g/mol.